The van der Waals surface area contributed by atoms with Gasteiger partial charge in [0, 0.05) is 23.2 Å². The second-order valence-corrected chi connectivity index (χ2v) is 7.67. The van der Waals surface area contributed by atoms with Crippen molar-refractivity contribution in [3.63, 3.8) is 0 Å². The van der Waals surface area contributed by atoms with E-state index >= 15 is 0 Å². The zero-order valence-electron chi connectivity index (χ0n) is 17.5. The number of halogens is 1. The van der Waals surface area contributed by atoms with Crippen molar-refractivity contribution in [3.8, 4) is 0 Å². The highest BCUT2D eigenvalue weighted by molar-refractivity contribution is 6.00. The van der Waals surface area contributed by atoms with Gasteiger partial charge < -0.3 is 14.8 Å². The summed E-state index contributed by atoms with van der Waals surface area (Å²) in [4.78, 5) is 33.4. The Morgan fingerprint density at radius 2 is 1.94 bits per heavy atom. The average molecular weight is 446 g/mol. The first-order valence-corrected chi connectivity index (χ1v) is 10.1. The van der Waals surface area contributed by atoms with Gasteiger partial charge in [0.25, 0.3) is 5.91 Å². The zero-order valence-corrected chi connectivity index (χ0v) is 17.5. The molecule has 1 aliphatic rings. The highest BCUT2D eigenvalue weighted by Crippen LogP contribution is 2.43. The zero-order chi connectivity index (χ0) is 23.2. The second kappa shape index (κ2) is 7.72. The summed E-state index contributed by atoms with van der Waals surface area (Å²) < 4.78 is 18.0. The van der Waals surface area contributed by atoms with Crippen LogP contribution < -0.4 is 5.32 Å². The van der Waals surface area contributed by atoms with Gasteiger partial charge in [0.1, 0.15) is 5.82 Å². The van der Waals surface area contributed by atoms with Gasteiger partial charge in [0.2, 0.25) is 5.95 Å². The number of carbonyl (C=O) groups is 2. The minimum absolute atomic E-state index is 0.0699. The molecule has 1 aromatic heterocycles. The highest BCUT2D eigenvalue weighted by Gasteiger charge is 2.49. The molecule has 0 spiro atoms. The minimum Gasteiger partial charge on any atom is -0.453 e. The third kappa shape index (κ3) is 3.39. The number of rotatable bonds is 4. The molecule has 8 nitrogen and oxygen atoms in total. The normalized spacial score (nSPS) is 17.3. The molecule has 33 heavy (non-hydrogen) atoms. The number of aromatic nitrogens is 2. The molecule has 0 radical (unpaired) electrons. The third-order valence-corrected chi connectivity index (χ3v) is 5.71. The highest BCUT2D eigenvalue weighted by atomic mass is 19.1. The van der Waals surface area contributed by atoms with Crippen LogP contribution in [0.4, 0.5) is 15.1 Å². The number of methoxy groups -OCH3 is 1. The first kappa shape index (κ1) is 20.7. The maximum atomic E-state index is 13.4. The predicted molar refractivity (Wildman–Crippen MR) is 118 cm³/mol. The molecule has 3 aromatic carbocycles. The Hall–Kier alpha value is -4.24. The van der Waals surface area contributed by atoms with Crippen LogP contribution in [0.5, 0.6) is 0 Å². The van der Waals surface area contributed by atoms with Crippen molar-refractivity contribution in [1.29, 1.82) is 0 Å². The fourth-order valence-corrected chi connectivity index (χ4v) is 4.11. The van der Waals surface area contributed by atoms with Crippen LogP contribution in [-0.4, -0.2) is 39.1 Å². The molecule has 0 saturated carbocycles. The summed E-state index contributed by atoms with van der Waals surface area (Å²) in [7, 11) is 1.25. The Morgan fingerprint density at radius 3 is 2.70 bits per heavy atom. The lowest BCUT2D eigenvalue weighted by Crippen LogP contribution is -2.44. The molecule has 0 saturated heterocycles. The summed E-state index contributed by atoms with van der Waals surface area (Å²) in [5, 5.41) is 14.5. The number of amides is 2. The molecule has 0 aliphatic carbocycles. The fraction of sp³-hybridized carbons (Fsp3) is 0.125. The van der Waals surface area contributed by atoms with E-state index in [1.165, 1.54) is 24.1 Å². The van der Waals surface area contributed by atoms with Crippen LogP contribution in [-0.2, 0) is 17.0 Å². The first-order valence-electron chi connectivity index (χ1n) is 10.1. The number of H-pyrrole nitrogens is 1. The van der Waals surface area contributed by atoms with Crippen molar-refractivity contribution in [2.24, 2.45) is 0 Å². The fourth-order valence-electron chi connectivity index (χ4n) is 4.11. The number of anilines is 1. The number of aromatic amines is 1. The number of hydrogen-bond donors (Lipinski definition) is 3. The largest absolute Gasteiger partial charge is 0.453 e. The van der Waals surface area contributed by atoms with Crippen LogP contribution in [0, 0.1) is 5.82 Å². The summed E-state index contributed by atoms with van der Waals surface area (Å²) >= 11 is 0. The molecule has 5 rings (SSSR count). The average Bonchev–Trinajstić information content (AvgIpc) is 3.32. The first-order chi connectivity index (χ1) is 15.9. The summed E-state index contributed by atoms with van der Waals surface area (Å²) in [5.74, 6) is -0.534. The molecule has 4 aromatic rings. The number of carbonyl (C=O) groups excluding carboxylic acids is 2. The van der Waals surface area contributed by atoms with E-state index in [0.717, 1.165) is 0 Å². The molecule has 1 atom stereocenters. The van der Waals surface area contributed by atoms with E-state index in [2.05, 4.69) is 20.0 Å². The number of imidazole rings is 1. The van der Waals surface area contributed by atoms with Gasteiger partial charge in [0.15, 0.2) is 5.72 Å². The van der Waals surface area contributed by atoms with Crippen molar-refractivity contribution >= 4 is 29.0 Å². The van der Waals surface area contributed by atoms with E-state index in [1.54, 1.807) is 54.6 Å². The Labute approximate surface area is 187 Å². The van der Waals surface area contributed by atoms with Crippen molar-refractivity contribution in [3.05, 3.63) is 94.8 Å². The van der Waals surface area contributed by atoms with Gasteiger partial charge in [-0.25, -0.2) is 14.2 Å². The van der Waals surface area contributed by atoms with Crippen molar-refractivity contribution in [2.45, 2.75) is 12.3 Å². The molecule has 0 fully saturated rings. The lowest BCUT2D eigenvalue weighted by atomic mass is 9.93. The Balaban J connectivity index is 1.60. The Kier molecular flexibility index (Phi) is 4.83. The number of aliphatic hydroxyl groups is 1. The second-order valence-electron chi connectivity index (χ2n) is 7.67. The molecule has 9 heteroatoms. The van der Waals surface area contributed by atoms with Crippen LogP contribution >= 0.6 is 0 Å². The van der Waals surface area contributed by atoms with Crippen molar-refractivity contribution in [2.75, 3.05) is 12.4 Å². The number of fused-ring (bicyclic) bond motifs is 2. The van der Waals surface area contributed by atoms with Crippen LogP contribution in [0.3, 0.4) is 0 Å². The van der Waals surface area contributed by atoms with Gasteiger partial charge in [-0.15, -0.1) is 0 Å². The van der Waals surface area contributed by atoms with Crippen LogP contribution in [0.15, 0.2) is 66.7 Å². The molecule has 1 unspecified atom stereocenters. The smallest absolute Gasteiger partial charge is 0.413 e. The standard InChI is InChI=1S/C24H19FN4O4/c1-33-23(31)28-22-26-19-11-8-15(12-20(19)27-22)24(32)18-5-3-2-4-17(18)21(30)29(24)13-14-6-9-16(25)10-7-14/h2-12,32H,13H2,1H3,(H2,26,27,28,31). The molecule has 2 amide bonds. The lowest BCUT2D eigenvalue weighted by Gasteiger charge is -2.35. The lowest BCUT2D eigenvalue weighted by molar-refractivity contribution is -0.0542. The van der Waals surface area contributed by atoms with E-state index in [0.29, 0.717) is 33.3 Å². The summed E-state index contributed by atoms with van der Waals surface area (Å²) in [6.45, 7) is 0.0699. The monoisotopic (exact) mass is 446 g/mol. The molecule has 0 bridgehead atoms. The van der Waals surface area contributed by atoms with Gasteiger partial charge in [-0.3, -0.25) is 15.0 Å². The maximum Gasteiger partial charge on any atom is 0.413 e. The summed E-state index contributed by atoms with van der Waals surface area (Å²) in [6.07, 6.45) is -0.673. The summed E-state index contributed by atoms with van der Waals surface area (Å²) in [5.41, 5.74) is 1.27. The quantitative estimate of drug-likeness (QED) is 0.443. The molecular weight excluding hydrogens is 427 g/mol. The van der Waals surface area contributed by atoms with Crippen LogP contribution in [0.1, 0.15) is 27.0 Å². The van der Waals surface area contributed by atoms with E-state index < -0.39 is 11.8 Å². The number of ether oxygens (including phenoxy) is 1. The van der Waals surface area contributed by atoms with Crippen LogP contribution in [0.2, 0.25) is 0 Å². The Bertz CT molecular complexity index is 1390. The Morgan fingerprint density at radius 1 is 1.18 bits per heavy atom. The van der Waals surface area contributed by atoms with E-state index in [4.69, 9.17) is 0 Å². The van der Waals surface area contributed by atoms with Gasteiger partial charge in [-0.1, -0.05) is 36.4 Å². The molecule has 1 aliphatic heterocycles. The molecule has 3 N–H and O–H groups in total. The topological polar surface area (TPSA) is 108 Å². The van der Waals surface area contributed by atoms with E-state index in [1.807, 2.05) is 0 Å². The van der Waals surface area contributed by atoms with E-state index in [9.17, 15) is 19.1 Å². The van der Waals surface area contributed by atoms with Crippen molar-refractivity contribution in [1.82, 2.24) is 14.9 Å². The van der Waals surface area contributed by atoms with Gasteiger partial charge in [0.05, 0.1) is 18.1 Å². The maximum absolute atomic E-state index is 13.4. The number of benzene rings is 3. The number of nitrogens with zero attached hydrogens (tertiary/aromatic N) is 2. The molecule has 2 heterocycles. The molecular formula is C24H19FN4O4. The number of nitrogens with one attached hydrogen (secondary N) is 2. The third-order valence-electron chi connectivity index (χ3n) is 5.71. The van der Waals surface area contributed by atoms with Gasteiger partial charge in [-0.05, 0) is 35.9 Å². The molecule has 166 valence electrons. The minimum atomic E-state index is -1.77. The van der Waals surface area contributed by atoms with Gasteiger partial charge >= 0.3 is 6.09 Å². The summed E-state index contributed by atoms with van der Waals surface area (Å²) in [6, 6.07) is 17.7. The van der Waals surface area contributed by atoms with E-state index in [-0.39, 0.29) is 24.2 Å². The SMILES string of the molecule is COC(=O)Nc1nc2ccc(C3(O)c4ccccc4C(=O)N3Cc3ccc(F)cc3)cc2[nH]1. The predicted octanol–water partition coefficient (Wildman–Crippen LogP) is 3.73. The number of hydrogen-bond acceptors (Lipinski definition) is 5. The van der Waals surface area contributed by atoms with Crippen molar-refractivity contribution < 1.29 is 23.8 Å². The van der Waals surface area contributed by atoms with Crippen LogP contribution in [0.25, 0.3) is 11.0 Å². The van der Waals surface area contributed by atoms with Gasteiger partial charge in [-0.2, -0.15) is 0 Å².